The Labute approximate surface area is 149 Å². The minimum Gasteiger partial charge on any atom is -0.381 e. The van der Waals surface area contributed by atoms with Gasteiger partial charge in [-0.2, -0.15) is 0 Å². The molecule has 1 N–H and O–H groups in total. The third kappa shape index (κ3) is 3.93. The van der Waals surface area contributed by atoms with Crippen molar-refractivity contribution in [2.75, 3.05) is 19.8 Å². The van der Waals surface area contributed by atoms with Crippen LogP contribution >= 0.6 is 0 Å². The molecule has 1 aromatic carbocycles. The molecule has 1 aliphatic heterocycles. The molecule has 1 aromatic heterocycles. The number of aromatic nitrogens is 2. The molecule has 25 heavy (non-hydrogen) atoms. The van der Waals surface area contributed by atoms with Gasteiger partial charge in [-0.3, -0.25) is 4.79 Å². The van der Waals surface area contributed by atoms with Gasteiger partial charge in [-0.1, -0.05) is 29.8 Å². The summed E-state index contributed by atoms with van der Waals surface area (Å²) in [4.78, 5) is 17.3. The van der Waals surface area contributed by atoms with Gasteiger partial charge in [0.1, 0.15) is 5.82 Å². The first-order chi connectivity index (χ1) is 12.1. The molecule has 0 atom stereocenters. The Balaban J connectivity index is 1.63. The molecular formula is C20H27N3O2. The van der Waals surface area contributed by atoms with Crippen LogP contribution in [0.5, 0.6) is 0 Å². The fraction of sp³-hybridized carbons (Fsp3) is 0.500. The lowest BCUT2D eigenvalue weighted by Gasteiger charge is -2.36. The Morgan fingerprint density at radius 2 is 1.96 bits per heavy atom. The Bertz CT molecular complexity index is 700. The van der Waals surface area contributed by atoms with Gasteiger partial charge < -0.3 is 14.6 Å². The van der Waals surface area contributed by atoms with Crippen LogP contribution < -0.4 is 5.32 Å². The molecule has 0 spiro atoms. The molecule has 0 bridgehead atoms. The van der Waals surface area contributed by atoms with Crippen LogP contribution in [0.3, 0.4) is 0 Å². The molecule has 5 nitrogen and oxygen atoms in total. The SMILES string of the molecule is Cc1ccc(C2(C(=O)NCCCn3ccnc3C)CCOCC2)cc1. The number of nitrogens with one attached hydrogen (secondary N) is 1. The van der Waals surface area contributed by atoms with E-state index in [1.807, 2.05) is 19.3 Å². The molecule has 0 aliphatic carbocycles. The van der Waals surface area contributed by atoms with Crippen molar-refractivity contribution >= 4 is 5.91 Å². The summed E-state index contributed by atoms with van der Waals surface area (Å²) < 4.78 is 7.63. The van der Waals surface area contributed by atoms with E-state index in [9.17, 15) is 4.79 Å². The summed E-state index contributed by atoms with van der Waals surface area (Å²) in [7, 11) is 0. The van der Waals surface area contributed by atoms with Gasteiger partial charge in [0.05, 0.1) is 5.41 Å². The number of aryl methyl sites for hydroxylation is 3. The van der Waals surface area contributed by atoms with Crippen LogP contribution in [0.15, 0.2) is 36.7 Å². The maximum absolute atomic E-state index is 13.0. The molecule has 0 radical (unpaired) electrons. The van der Waals surface area contributed by atoms with Crippen molar-refractivity contribution in [2.45, 2.75) is 45.1 Å². The molecular weight excluding hydrogens is 314 g/mol. The number of imidazole rings is 1. The summed E-state index contributed by atoms with van der Waals surface area (Å²) >= 11 is 0. The maximum atomic E-state index is 13.0. The molecule has 1 saturated heterocycles. The van der Waals surface area contributed by atoms with Crippen LogP contribution in [0, 0.1) is 13.8 Å². The van der Waals surface area contributed by atoms with Crippen molar-refractivity contribution in [1.29, 1.82) is 0 Å². The van der Waals surface area contributed by atoms with Crippen LogP contribution in [0.2, 0.25) is 0 Å². The second-order valence-corrected chi connectivity index (χ2v) is 6.84. The van der Waals surface area contributed by atoms with Crippen LogP contribution in [-0.2, 0) is 21.5 Å². The molecule has 2 aromatic rings. The largest absolute Gasteiger partial charge is 0.381 e. The Morgan fingerprint density at radius 1 is 1.24 bits per heavy atom. The van der Waals surface area contributed by atoms with Gasteiger partial charge in [0.25, 0.3) is 0 Å². The molecule has 1 fully saturated rings. The van der Waals surface area contributed by atoms with Crippen LogP contribution in [-0.4, -0.2) is 35.2 Å². The number of rotatable bonds is 6. The topological polar surface area (TPSA) is 56.2 Å². The van der Waals surface area contributed by atoms with E-state index in [-0.39, 0.29) is 5.91 Å². The number of benzene rings is 1. The second-order valence-electron chi connectivity index (χ2n) is 6.84. The first-order valence-electron chi connectivity index (χ1n) is 9.03. The van der Waals surface area contributed by atoms with E-state index in [4.69, 9.17) is 4.74 Å². The lowest BCUT2D eigenvalue weighted by molar-refractivity contribution is -0.130. The lowest BCUT2D eigenvalue weighted by atomic mass is 9.73. The maximum Gasteiger partial charge on any atom is 0.230 e. The standard InChI is InChI=1S/C20H27N3O2/c1-16-4-6-18(7-5-16)20(8-14-25-15-9-20)19(24)22-10-3-12-23-13-11-21-17(23)2/h4-7,11,13H,3,8-10,12,14-15H2,1-2H3,(H,22,24). The highest BCUT2D eigenvalue weighted by Gasteiger charge is 2.41. The van der Waals surface area contributed by atoms with Crippen molar-refractivity contribution in [2.24, 2.45) is 0 Å². The monoisotopic (exact) mass is 341 g/mol. The van der Waals surface area contributed by atoms with Gasteiger partial charge in [0, 0.05) is 38.7 Å². The number of amides is 1. The highest BCUT2D eigenvalue weighted by atomic mass is 16.5. The van der Waals surface area contributed by atoms with E-state index in [1.165, 1.54) is 5.56 Å². The zero-order valence-electron chi connectivity index (χ0n) is 15.1. The van der Waals surface area contributed by atoms with Gasteiger partial charge in [-0.15, -0.1) is 0 Å². The number of hydrogen-bond acceptors (Lipinski definition) is 3. The smallest absolute Gasteiger partial charge is 0.230 e. The summed E-state index contributed by atoms with van der Waals surface area (Å²) in [6.45, 7) is 6.87. The number of nitrogens with zero attached hydrogens (tertiary/aromatic N) is 2. The normalized spacial score (nSPS) is 16.6. The van der Waals surface area contributed by atoms with Gasteiger partial charge >= 0.3 is 0 Å². The highest BCUT2D eigenvalue weighted by Crippen LogP contribution is 2.35. The van der Waals surface area contributed by atoms with Crippen molar-refractivity contribution in [3.63, 3.8) is 0 Å². The van der Waals surface area contributed by atoms with E-state index in [1.54, 1.807) is 0 Å². The number of ether oxygens (including phenoxy) is 1. The zero-order chi connectivity index (χ0) is 17.7. The fourth-order valence-electron chi connectivity index (χ4n) is 3.50. The van der Waals surface area contributed by atoms with Gasteiger partial charge in [-0.05, 0) is 38.7 Å². The number of carbonyl (C=O) groups is 1. The molecule has 1 aliphatic rings. The number of carbonyl (C=O) groups excluding carboxylic acids is 1. The van der Waals surface area contributed by atoms with Crippen molar-refractivity contribution in [1.82, 2.24) is 14.9 Å². The third-order valence-corrected chi connectivity index (χ3v) is 5.17. The predicted octanol–water partition coefficient (Wildman–Crippen LogP) is 2.75. The lowest BCUT2D eigenvalue weighted by Crippen LogP contribution is -2.48. The van der Waals surface area contributed by atoms with E-state index in [2.05, 4.69) is 46.1 Å². The van der Waals surface area contributed by atoms with E-state index in [0.717, 1.165) is 37.2 Å². The van der Waals surface area contributed by atoms with Gasteiger partial charge in [-0.25, -0.2) is 4.98 Å². The summed E-state index contributed by atoms with van der Waals surface area (Å²) in [6, 6.07) is 8.35. The minimum absolute atomic E-state index is 0.127. The van der Waals surface area contributed by atoms with Crippen LogP contribution in [0.1, 0.15) is 36.2 Å². The molecule has 134 valence electrons. The van der Waals surface area contributed by atoms with Crippen molar-refractivity contribution in [3.8, 4) is 0 Å². The molecule has 3 rings (SSSR count). The summed E-state index contributed by atoms with van der Waals surface area (Å²) in [5.41, 5.74) is 1.85. The number of hydrogen-bond donors (Lipinski definition) is 1. The Kier molecular flexibility index (Phi) is 5.53. The first-order valence-corrected chi connectivity index (χ1v) is 9.03. The average molecular weight is 341 g/mol. The summed E-state index contributed by atoms with van der Waals surface area (Å²) in [5.74, 6) is 1.13. The van der Waals surface area contributed by atoms with Gasteiger partial charge in [0.15, 0.2) is 0 Å². The molecule has 5 heteroatoms. The van der Waals surface area contributed by atoms with Crippen LogP contribution in [0.25, 0.3) is 0 Å². The molecule has 0 unspecified atom stereocenters. The van der Waals surface area contributed by atoms with Crippen molar-refractivity contribution in [3.05, 3.63) is 53.6 Å². The molecule has 1 amide bonds. The molecule has 2 heterocycles. The molecule has 0 saturated carbocycles. The zero-order valence-corrected chi connectivity index (χ0v) is 15.1. The van der Waals surface area contributed by atoms with Gasteiger partial charge in [0.2, 0.25) is 5.91 Å². The van der Waals surface area contributed by atoms with E-state index >= 15 is 0 Å². The van der Waals surface area contributed by atoms with Crippen molar-refractivity contribution < 1.29 is 9.53 Å². The summed E-state index contributed by atoms with van der Waals surface area (Å²) in [6.07, 6.45) is 6.15. The first kappa shape index (κ1) is 17.7. The minimum atomic E-state index is -0.461. The second kappa shape index (κ2) is 7.83. The average Bonchev–Trinajstić information content (AvgIpc) is 3.04. The predicted molar refractivity (Wildman–Crippen MR) is 97.5 cm³/mol. The highest BCUT2D eigenvalue weighted by molar-refractivity contribution is 5.88. The fourth-order valence-corrected chi connectivity index (χ4v) is 3.50. The Morgan fingerprint density at radius 3 is 2.60 bits per heavy atom. The quantitative estimate of drug-likeness (QED) is 0.822. The van der Waals surface area contributed by atoms with E-state index < -0.39 is 5.41 Å². The van der Waals surface area contributed by atoms with Crippen LogP contribution in [0.4, 0.5) is 0 Å². The third-order valence-electron chi connectivity index (χ3n) is 5.17. The summed E-state index contributed by atoms with van der Waals surface area (Å²) in [5, 5.41) is 3.16. The van der Waals surface area contributed by atoms with E-state index in [0.29, 0.717) is 19.8 Å². The Hall–Kier alpha value is -2.14.